The molecule has 0 amide bonds. The second-order valence-corrected chi connectivity index (χ2v) is 7.93. The maximum Gasteiger partial charge on any atom is 0.0958 e. The Balaban J connectivity index is 2.08. The van der Waals surface area contributed by atoms with E-state index in [1.165, 1.54) is 11.3 Å². The van der Waals surface area contributed by atoms with Crippen LogP contribution in [-0.2, 0) is 11.8 Å². The molecule has 2 aromatic rings. The smallest absolute Gasteiger partial charge is 0.0958 e. The molecule has 1 atom stereocenters. The zero-order valence-corrected chi connectivity index (χ0v) is 13.0. The lowest BCUT2D eigenvalue weighted by Crippen LogP contribution is -2.11. The van der Waals surface area contributed by atoms with E-state index < -0.39 is 6.10 Å². The van der Waals surface area contributed by atoms with Crippen LogP contribution in [-0.4, -0.2) is 10.1 Å². The van der Waals surface area contributed by atoms with E-state index in [2.05, 4.69) is 31.1 Å². The molecule has 18 heavy (non-hydrogen) atoms. The average Bonchev–Trinajstić information content (AvgIpc) is 2.85. The van der Waals surface area contributed by atoms with Crippen molar-refractivity contribution in [2.75, 3.05) is 0 Å². The first-order chi connectivity index (χ1) is 8.36. The number of thiophene rings is 1. The van der Waals surface area contributed by atoms with Gasteiger partial charge < -0.3 is 5.11 Å². The van der Waals surface area contributed by atoms with Crippen LogP contribution in [0.4, 0.5) is 0 Å². The molecule has 0 aliphatic carbocycles. The summed E-state index contributed by atoms with van der Waals surface area (Å²) in [5.74, 6) is 0. The minimum Gasteiger partial charge on any atom is -0.387 e. The topological polar surface area (TPSA) is 33.1 Å². The van der Waals surface area contributed by atoms with Crippen molar-refractivity contribution in [1.82, 2.24) is 4.98 Å². The second kappa shape index (κ2) is 5.29. The molecule has 0 saturated carbocycles. The Morgan fingerprint density at radius 2 is 2.11 bits per heavy atom. The first-order valence-electron chi connectivity index (χ1n) is 5.74. The van der Waals surface area contributed by atoms with Crippen molar-refractivity contribution < 1.29 is 5.11 Å². The van der Waals surface area contributed by atoms with E-state index >= 15 is 0 Å². The number of rotatable bonds is 3. The first kappa shape index (κ1) is 14.0. The number of hydrogen-bond acceptors (Lipinski definition) is 4. The third kappa shape index (κ3) is 3.32. The van der Waals surface area contributed by atoms with Crippen molar-refractivity contribution >= 4 is 34.3 Å². The van der Waals surface area contributed by atoms with E-state index in [0.29, 0.717) is 10.8 Å². The molecule has 0 aromatic carbocycles. The van der Waals surface area contributed by atoms with Gasteiger partial charge in [-0.05, 0) is 12.1 Å². The fourth-order valence-electron chi connectivity index (χ4n) is 1.52. The summed E-state index contributed by atoms with van der Waals surface area (Å²) in [6.07, 6.45) is 0.0406. The van der Waals surface area contributed by atoms with Gasteiger partial charge in [0.1, 0.15) is 0 Å². The van der Waals surface area contributed by atoms with Gasteiger partial charge in [-0.2, -0.15) is 0 Å². The normalized spacial score (nSPS) is 13.8. The van der Waals surface area contributed by atoms with Crippen LogP contribution in [0, 0.1) is 0 Å². The van der Waals surface area contributed by atoms with E-state index in [1.54, 1.807) is 11.3 Å². The highest BCUT2D eigenvalue weighted by atomic mass is 35.5. The van der Waals surface area contributed by atoms with E-state index in [4.69, 9.17) is 11.6 Å². The van der Waals surface area contributed by atoms with Gasteiger partial charge in [-0.15, -0.1) is 22.7 Å². The summed E-state index contributed by atoms with van der Waals surface area (Å²) in [4.78, 5) is 5.48. The van der Waals surface area contributed by atoms with Crippen LogP contribution in [0.5, 0.6) is 0 Å². The molecule has 98 valence electrons. The molecular weight excluding hydrogens is 286 g/mol. The molecule has 0 saturated heterocycles. The quantitative estimate of drug-likeness (QED) is 0.909. The fraction of sp³-hybridized carbons (Fsp3) is 0.462. The van der Waals surface area contributed by atoms with Gasteiger partial charge in [0.25, 0.3) is 0 Å². The van der Waals surface area contributed by atoms with Crippen molar-refractivity contribution in [2.45, 2.75) is 38.7 Å². The summed E-state index contributed by atoms with van der Waals surface area (Å²) < 4.78 is 0.707. The Morgan fingerprint density at radius 3 is 2.61 bits per heavy atom. The number of thiazole rings is 1. The van der Waals surface area contributed by atoms with Crippen molar-refractivity contribution in [3.05, 3.63) is 37.4 Å². The SMILES string of the molecule is CC(C)(C)c1csc(CC(O)c2ccc(Cl)s2)n1. The van der Waals surface area contributed by atoms with E-state index in [0.717, 1.165) is 15.6 Å². The molecule has 0 fully saturated rings. The van der Waals surface area contributed by atoms with E-state index in [-0.39, 0.29) is 5.41 Å². The lowest BCUT2D eigenvalue weighted by atomic mass is 9.93. The van der Waals surface area contributed by atoms with Gasteiger partial charge >= 0.3 is 0 Å². The molecule has 1 unspecified atom stereocenters. The van der Waals surface area contributed by atoms with Gasteiger partial charge in [0.15, 0.2) is 0 Å². The van der Waals surface area contributed by atoms with Crippen LogP contribution in [0.25, 0.3) is 0 Å². The summed E-state index contributed by atoms with van der Waals surface area (Å²) >= 11 is 8.89. The predicted octanol–water partition coefficient (Wildman–Crippen LogP) is 4.43. The zero-order valence-electron chi connectivity index (χ0n) is 10.6. The molecule has 2 heterocycles. The van der Waals surface area contributed by atoms with Gasteiger partial charge in [0.05, 0.1) is 21.1 Å². The van der Waals surface area contributed by atoms with Crippen molar-refractivity contribution in [3.8, 4) is 0 Å². The lowest BCUT2D eigenvalue weighted by molar-refractivity contribution is 0.182. The fourth-order valence-corrected chi connectivity index (χ4v) is 3.63. The van der Waals surface area contributed by atoms with Crippen molar-refractivity contribution in [2.24, 2.45) is 0 Å². The van der Waals surface area contributed by atoms with Crippen LogP contribution in [0.15, 0.2) is 17.5 Å². The Morgan fingerprint density at radius 1 is 1.39 bits per heavy atom. The third-order valence-corrected chi connectivity index (χ3v) is 4.81. The Labute approximate surface area is 120 Å². The molecule has 0 aliphatic heterocycles. The number of nitrogens with zero attached hydrogens (tertiary/aromatic N) is 1. The molecule has 0 aliphatic rings. The molecular formula is C13H16ClNOS2. The van der Waals surface area contributed by atoms with Crippen LogP contribution >= 0.6 is 34.3 Å². The number of halogens is 1. The highest BCUT2D eigenvalue weighted by Crippen LogP contribution is 2.30. The molecule has 2 aromatic heterocycles. The summed E-state index contributed by atoms with van der Waals surface area (Å²) in [6.45, 7) is 6.42. The minimum absolute atomic E-state index is 0.0615. The molecule has 0 radical (unpaired) electrons. The van der Waals surface area contributed by atoms with Gasteiger partial charge in [-0.25, -0.2) is 4.98 Å². The third-order valence-electron chi connectivity index (χ3n) is 2.61. The molecule has 1 N–H and O–H groups in total. The predicted molar refractivity (Wildman–Crippen MR) is 78.8 cm³/mol. The number of hydrogen-bond donors (Lipinski definition) is 1. The molecule has 0 spiro atoms. The first-order valence-corrected chi connectivity index (χ1v) is 7.82. The van der Waals surface area contributed by atoms with E-state index in [1.807, 2.05) is 12.1 Å². The van der Waals surface area contributed by atoms with Crippen LogP contribution < -0.4 is 0 Å². The van der Waals surface area contributed by atoms with E-state index in [9.17, 15) is 5.11 Å². The van der Waals surface area contributed by atoms with Gasteiger partial charge in [0, 0.05) is 22.1 Å². The van der Waals surface area contributed by atoms with Gasteiger partial charge in [-0.3, -0.25) is 0 Å². The number of aromatic nitrogens is 1. The van der Waals surface area contributed by atoms with Gasteiger partial charge in [0.2, 0.25) is 0 Å². The maximum atomic E-state index is 10.1. The molecule has 2 nitrogen and oxygen atoms in total. The van der Waals surface area contributed by atoms with Crippen LogP contribution in [0.1, 0.15) is 42.5 Å². The second-order valence-electron chi connectivity index (χ2n) is 5.24. The summed E-state index contributed by atoms with van der Waals surface area (Å²) in [5, 5.41) is 13.2. The molecule has 5 heteroatoms. The standard InChI is InChI=1S/C13H16ClNOS2/c1-13(2,3)10-7-17-12(15-10)6-8(16)9-4-5-11(14)18-9/h4-5,7-8,16H,6H2,1-3H3. The van der Waals surface area contributed by atoms with Crippen LogP contribution in [0.2, 0.25) is 4.34 Å². The van der Waals surface area contributed by atoms with Gasteiger partial charge in [-0.1, -0.05) is 32.4 Å². The zero-order chi connectivity index (χ0) is 13.3. The summed E-state index contributed by atoms with van der Waals surface area (Å²) in [5.41, 5.74) is 1.14. The highest BCUT2D eigenvalue weighted by Gasteiger charge is 2.19. The van der Waals surface area contributed by atoms with Crippen molar-refractivity contribution in [3.63, 3.8) is 0 Å². The monoisotopic (exact) mass is 301 g/mol. The molecule has 2 rings (SSSR count). The Hall–Kier alpha value is -0.420. The maximum absolute atomic E-state index is 10.1. The van der Waals surface area contributed by atoms with Crippen molar-refractivity contribution in [1.29, 1.82) is 0 Å². The lowest BCUT2D eigenvalue weighted by Gasteiger charge is -2.14. The molecule has 0 bridgehead atoms. The number of aliphatic hydroxyl groups is 1. The number of aliphatic hydroxyl groups excluding tert-OH is 1. The summed E-state index contributed by atoms with van der Waals surface area (Å²) in [7, 11) is 0. The largest absolute Gasteiger partial charge is 0.387 e. The minimum atomic E-state index is -0.513. The van der Waals surface area contributed by atoms with Crippen LogP contribution in [0.3, 0.4) is 0 Å². The Bertz CT molecular complexity index is 527. The summed E-state index contributed by atoms with van der Waals surface area (Å²) in [6, 6.07) is 3.68. The highest BCUT2D eigenvalue weighted by molar-refractivity contribution is 7.16. The Kier molecular flexibility index (Phi) is 4.11. The average molecular weight is 302 g/mol.